The number of carbonyl (C=O) groups is 1. The molecule has 1 aromatic rings. The van der Waals surface area contributed by atoms with E-state index in [0.717, 1.165) is 43.0 Å². The molecule has 0 bridgehead atoms. The van der Waals surface area contributed by atoms with Crippen molar-refractivity contribution in [1.82, 2.24) is 4.90 Å². The quantitative estimate of drug-likeness (QED) is 0.897. The van der Waals surface area contributed by atoms with Crippen molar-refractivity contribution in [2.75, 3.05) is 26.7 Å². The number of likely N-dealkylation sites (tertiary alicyclic amines) is 1. The maximum atomic E-state index is 11.1. The van der Waals surface area contributed by atoms with Crippen LogP contribution >= 0.6 is 0 Å². The molecule has 1 heterocycles. The monoisotopic (exact) mass is 288 g/mol. The molecule has 0 spiro atoms. The van der Waals surface area contributed by atoms with Crippen molar-refractivity contribution in [2.45, 2.75) is 19.3 Å². The third-order valence-electron chi connectivity index (χ3n) is 5.09. The summed E-state index contributed by atoms with van der Waals surface area (Å²) in [4.78, 5) is 13.3. The zero-order valence-corrected chi connectivity index (χ0v) is 12.6. The molecule has 21 heavy (non-hydrogen) atoms. The van der Waals surface area contributed by atoms with Crippen molar-refractivity contribution in [3.05, 3.63) is 29.8 Å². The molecule has 1 saturated carbocycles. The summed E-state index contributed by atoms with van der Waals surface area (Å²) in [5.41, 5.74) is 6.67. The molecular weight excluding hydrogens is 264 g/mol. The highest BCUT2D eigenvalue weighted by atomic mass is 16.5. The number of carbonyl (C=O) groups excluding carboxylic acids is 1. The van der Waals surface area contributed by atoms with Gasteiger partial charge in [-0.05, 0) is 54.7 Å². The highest BCUT2D eigenvalue weighted by Crippen LogP contribution is 2.43. The van der Waals surface area contributed by atoms with Crippen molar-refractivity contribution in [1.29, 1.82) is 0 Å². The number of primary amides is 1. The van der Waals surface area contributed by atoms with Crippen LogP contribution in [0.3, 0.4) is 0 Å². The molecule has 1 aromatic carbocycles. The molecule has 3 rings (SSSR count). The van der Waals surface area contributed by atoms with Gasteiger partial charge in [0.1, 0.15) is 5.75 Å². The second-order valence-corrected chi connectivity index (χ2v) is 6.48. The summed E-state index contributed by atoms with van der Waals surface area (Å²) < 4.78 is 5.31. The van der Waals surface area contributed by atoms with Gasteiger partial charge in [-0.1, -0.05) is 12.1 Å². The number of hydrogen-bond acceptors (Lipinski definition) is 3. The molecule has 114 valence electrons. The number of nitrogens with two attached hydrogens (primary N) is 1. The van der Waals surface area contributed by atoms with Gasteiger partial charge in [0.05, 0.1) is 13.7 Å². The second-order valence-electron chi connectivity index (χ2n) is 6.48. The Bertz CT molecular complexity index is 517. The van der Waals surface area contributed by atoms with Crippen LogP contribution in [0.2, 0.25) is 0 Å². The van der Waals surface area contributed by atoms with E-state index in [2.05, 4.69) is 23.1 Å². The number of benzene rings is 1. The summed E-state index contributed by atoms with van der Waals surface area (Å²) in [6, 6.07) is 8.38. The molecule has 0 unspecified atom stereocenters. The van der Waals surface area contributed by atoms with Crippen LogP contribution in [0, 0.1) is 17.8 Å². The topological polar surface area (TPSA) is 55.6 Å². The number of methoxy groups -OCH3 is 1. The molecule has 0 aromatic heterocycles. The predicted molar refractivity (Wildman–Crippen MR) is 82.0 cm³/mol. The van der Waals surface area contributed by atoms with E-state index in [9.17, 15) is 4.79 Å². The first-order valence-electron chi connectivity index (χ1n) is 7.79. The number of rotatable bonds is 5. The van der Waals surface area contributed by atoms with Crippen LogP contribution in [0.5, 0.6) is 5.75 Å². The minimum atomic E-state index is -0.209. The lowest BCUT2D eigenvalue weighted by Gasteiger charge is -2.20. The molecule has 1 saturated heterocycles. The van der Waals surface area contributed by atoms with Crippen molar-refractivity contribution in [2.24, 2.45) is 23.5 Å². The number of fused-ring (bicyclic) bond motifs is 1. The first-order chi connectivity index (χ1) is 10.2. The van der Waals surface area contributed by atoms with Crippen LogP contribution in [-0.2, 0) is 11.2 Å². The van der Waals surface area contributed by atoms with Crippen LogP contribution in [0.4, 0.5) is 0 Å². The normalized spacial score (nSPS) is 28.5. The van der Waals surface area contributed by atoms with Crippen molar-refractivity contribution < 1.29 is 9.53 Å². The Morgan fingerprint density at radius 3 is 3.00 bits per heavy atom. The van der Waals surface area contributed by atoms with Gasteiger partial charge < -0.3 is 10.5 Å². The van der Waals surface area contributed by atoms with Crippen LogP contribution in [0.1, 0.15) is 18.4 Å². The average Bonchev–Trinajstić information content (AvgIpc) is 3.00. The Morgan fingerprint density at radius 1 is 1.38 bits per heavy atom. The largest absolute Gasteiger partial charge is 0.497 e. The molecule has 1 amide bonds. The third-order valence-corrected chi connectivity index (χ3v) is 5.09. The minimum Gasteiger partial charge on any atom is -0.497 e. The zero-order chi connectivity index (χ0) is 14.8. The van der Waals surface area contributed by atoms with E-state index in [1.807, 2.05) is 6.07 Å². The van der Waals surface area contributed by atoms with Crippen molar-refractivity contribution >= 4 is 5.91 Å². The Morgan fingerprint density at radius 2 is 2.24 bits per heavy atom. The molecule has 1 aliphatic carbocycles. The maximum absolute atomic E-state index is 11.1. The Kier molecular flexibility index (Phi) is 4.15. The summed E-state index contributed by atoms with van der Waals surface area (Å²) in [7, 11) is 1.71. The van der Waals surface area contributed by atoms with Gasteiger partial charge in [-0.15, -0.1) is 0 Å². The van der Waals surface area contributed by atoms with E-state index in [0.29, 0.717) is 6.54 Å². The molecule has 2 N–H and O–H groups in total. The van der Waals surface area contributed by atoms with E-state index in [1.54, 1.807) is 7.11 Å². The zero-order valence-electron chi connectivity index (χ0n) is 12.6. The van der Waals surface area contributed by atoms with Gasteiger partial charge in [0.15, 0.2) is 0 Å². The fourth-order valence-electron chi connectivity index (χ4n) is 4.18. The van der Waals surface area contributed by atoms with Crippen LogP contribution in [0.15, 0.2) is 24.3 Å². The van der Waals surface area contributed by atoms with Gasteiger partial charge >= 0.3 is 0 Å². The van der Waals surface area contributed by atoms with Crippen molar-refractivity contribution in [3.8, 4) is 5.75 Å². The van der Waals surface area contributed by atoms with E-state index in [4.69, 9.17) is 10.5 Å². The Hall–Kier alpha value is -1.55. The standard InChI is InChI=1S/C17H24N2O2/c1-21-15-4-2-3-12(8-15)7-13-5-6-14-9-19(10-16(13)14)11-17(18)20/h2-4,8,13-14,16H,5-7,9-11H2,1H3,(H2,18,20)/t13-,14-,16-/m1/s1. The highest BCUT2D eigenvalue weighted by Gasteiger charge is 2.42. The van der Waals surface area contributed by atoms with Gasteiger partial charge in [-0.2, -0.15) is 0 Å². The summed E-state index contributed by atoms with van der Waals surface area (Å²) >= 11 is 0. The summed E-state index contributed by atoms with van der Waals surface area (Å²) in [5, 5.41) is 0. The van der Waals surface area contributed by atoms with Gasteiger partial charge in [0, 0.05) is 13.1 Å². The van der Waals surface area contributed by atoms with Crippen LogP contribution in [0.25, 0.3) is 0 Å². The molecule has 0 radical (unpaired) electrons. The smallest absolute Gasteiger partial charge is 0.231 e. The Labute approximate surface area is 126 Å². The number of amides is 1. The third kappa shape index (κ3) is 3.21. The first-order valence-corrected chi connectivity index (χ1v) is 7.79. The SMILES string of the molecule is COc1cccc(C[C@H]2CC[C@@H]3CN(CC(N)=O)C[C@H]23)c1. The molecular formula is C17H24N2O2. The molecule has 2 fully saturated rings. The fraction of sp³-hybridized carbons (Fsp3) is 0.588. The average molecular weight is 288 g/mol. The van der Waals surface area contributed by atoms with Crippen LogP contribution < -0.4 is 10.5 Å². The second kappa shape index (κ2) is 6.06. The lowest BCUT2D eigenvalue weighted by atomic mass is 9.87. The summed E-state index contributed by atoms with van der Waals surface area (Å²) in [5.74, 6) is 2.92. The van der Waals surface area contributed by atoms with Gasteiger partial charge in [-0.3, -0.25) is 9.69 Å². The highest BCUT2D eigenvalue weighted by molar-refractivity contribution is 5.75. The molecule has 4 heteroatoms. The number of ether oxygens (including phenoxy) is 1. The van der Waals surface area contributed by atoms with Gasteiger partial charge in [-0.25, -0.2) is 0 Å². The van der Waals surface area contributed by atoms with Gasteiger partial charge in [0.25, 0.3) is 0 Å². The van der Waals surface area contributed by atoms with E-state index in [1.165, 1.54) is 18.4 Å². The number of hydrogen-bond donors (Lipinski definition) is 1. The lowest BCUT2D eigenvalue weighted by Crippen LogP contribution is -2.33. The first kappa shape index (κ1) is 14.4. The molecule has 3 atom stereocenters. The molecule has 4 nitrogen and oxygen atoms in total. The summed E-state index contributed by atoms with van der Waals surface area (Å²) in [6.07, 6.45) is 3.70. The van der Waals surface area contributed by atoms with E-state index in [-0.39, 0.29) is 5.91 Å². The van der Waals surface area contributed by atoms with Crippen LogP contribution in [-0.4, -0.2) is 37.6 Å². The fourth-order valence-corrected chi connectivity index (χ4v) is 4.18. The maximum Gasteiger partial charge on any atom is 0.231 e. The molecule has 1 aliphatic heterocycles. The lowest BCUT2D eigenvalue weighted by molar-refractivity contribution is -0.119. The Balaban J connectivity index is 1.63. The van der Waals surface area contributed by atoms with E-state index < -0.39 is 0 Å². The van der Waals surface area contributed by atoms with Gasteiger partial charge in [0.2, 0.25) is 5.91 Å². The van der Waals surface area contributed by atoms with E-state index >= 15 is 0 Å². The number of nitrogens with zero attached hydrogens (tertiary/aromatic N) is 1. The van der Waals surface area contributed by atoms with Crippen molar-refractivity contribution in [3.63, 3.8) is 0 Å². The molecule has 2 aliphatic rings. The summed E-state index contributed by atoms with van der Waals surface area (Å²) in [6.45, 7) is 2.49. The minimum absolute atomic E-state index is 0.209. The predicted octanol–water partition coefficient (Wildman–Crippen LogP) is 1.68.